The van der Waals surface area contributed by atoms with Crippen LogP contribution in [0.2, 0.25) is 5.02 Å². The molecule has 1 rings (SSSR count). The Labute approximate surface area is 85.9 Å². The number of hydrogen-bond acceptors (Lipinski definition) is 2. The fourth-order valence-corrected chi connectivity index (χ4v) is 1.06. The molecule has 0 aromatic heterocycles. The second-order valence-corrected chi connectivity index (χ2v) is 2.85. The van der Waals surface area contributed by atoms with Crippen molar-refractivity contribution in [1.82, 2.24) is 5.43 Å². The lowest BCUT2D eigenvalue weighted by atomic mass is 10.3. The van der Waals surface area contributed by atoms with Gasteiger partial charge >= 0.3 is 0 Å². The first-order chi connectivity index (χ1) is 6.69. The molecular weight excluding hydrogens is 207 g/mol. The van der Waals surface area contributed by atoms with Crippen molar-refractivity contribution in [1.29, 1.82) is 0 Å². The lowest BCUT2D eigenvalue weighted by Gasteiger charge is -2.09. The zero-order valence-electron chi connectivity index (χ0n) is 7.51. The molecule has 0 saturated heterocycles. The summed E-state index contributed by atoms with van der Waals surface area (Å²) in [6.07, 6.45) is 0. The fourth-order valence-electron chi connectivity index (χ4n) is 0.884. The van der Waals surface area contributed by atoms with Gasteiger partial charge in [-0.2, -0.15) is 0 Å². The second-order valence-electron chi connectivity index (χ2n) is 2.44. The van der Waals surface area contributed by atoms with E-state index in [2.05, 4.69) is 15.7 Å². The summed E-state index contributed by atoms with van der Waals surface area (Å²) in [6, 6.07) is 4.61. The van der Waals surface area contributed by atoms with Crippen LogP contribution in [-0.4, -0.2) is 13.0 Å². The second kappa shape index (κ2) is 4.78. The lowest BCUT2D eigenvalue weighted by molar-refractivity contribution is 0.632. The van der Waals surface area contributed by atoms with Gasteiger partial charge in [0.05, 0.1) is 10.7 Å². The number of hydrazine groups is 1. The molecule has 14 heavy (non-hydrogen) atoms. The third-order valence-corrected chi connectivity index (χ3v) is 1.86. The van der Waals surface area contributed by atoms with E-state index in [0.717, 1.165) is 0 Å². The highest BCUT2D eigenvalue weighted by molar-refractivity contribution is 6.31. The Bertz CT molecular complexity index is 353. The van der Waals surface area contributed by atoms with Gasteiger partial charge in [0.2, 0.25) is 5.96 Å². The standard InChI is InChI=1S/C8H10ClFN4/c1-12-8(14-11)13-6-4-2-3-5(9)7(6)10/h2-4H,11H2,1H3,(H2,12,13,14). The average molecular weight is 217 g/mol. The van der Waals surface area contributed by atoms with Crippen LogP contribution in [0.25, 0.3) is 0 Å². The van der Waals surface area contributed by atoms with Crippen LogP contribution < -0.4 is 16.6 Å². The van der Waals surface area contributed by atoms with Gasteiger partial charge in [-0.25, -0.2) is 10.2 Å². The molecule has 0 aliphatic rings. The summed E-state index contributed by atoms with van der Waals surface area (Å²) in [6.45, 7) is 0. The Morgan fingerprint density at radius 1 is 1.57 bits per heavy atom. The SMILES string of the molecule is CN=C(NN)Nc1cccc(Cl)c1F. The zero-order valence-corrected chi connectivity index (χ0v) is 8.27. The van der Waals surface area contributed by atoms with E-state index >= 15 is 0 Å². The van der Waals surface area contributed by atoms with E-state index in [4.69, 9.17) is 17.4 Å². The minimum absolute atomic E-state index is 0.0440. The van der Waals surface area contributed by atoms with E-state index in [0.29, 0.717) is 0 Å². The van der Waals surface area contributed by atoms with Gasteiger partial charge in [0.25, 0.3) is 0 Å². The van der Waals surface area contributed by atoms with E-state index in [-0.39, 0.29) is 16.7 Å². The van der Waals surface area contributed by atoms with Crippen LogP contribution in [-0.2, 0) is 0 Å². The van der Waals surface area contributed by atoms with Crippen molar-refractivity contribution in [2.45, 2.75) is 0 Å². The number of rotatable bonds is 1. The normalized spacial score (nSPS) is 11.3. The van der Waals surface area contributed by atoms with Crippen molar-refractivity contribution in [2.75, 3.05) is 12.4 Å². The molecule has 0 spiro atoms. The summed E-state index contributed by atoms with van der Waals surface area (Å²) in [5, 5.41) is 2.69. The molecule has 0 saturated carbocycles. The Morgan fingerprint density at radius 2 is 2.29 bits per heavy atom. The molecule has 4 N–H and O–H groups in total. The molecule has 76 valence electrons. The molecule has 0 aliphatic carbocycles. The van der Waals surface area contributed by atoms with E-state index in [9.17, 15) is 4.39 Å². The highest BCUT2D eigenvalue weighted by Crippen LogP contribution is 2.21. The summed E-state index contributed by atoms with van der Waals surface area (Å²) in [5.74, 6) is 4.84. The highest BCUT2D eigenvalue weighted by Gasteiger charge is 2.06. The molecule has 4 nitrogen and oxygen atoms in total. The molecule has 0 aliphatic heterocycles. The van der Waals surface area contributed by atoms with Gasteiger partial charge in [0.15, 0.2) is 5.82 Å². The van der Waals surface area contributed by atoms with Crippen LogP contribution in [0.4, 0.5) is 10.1 Å². The Morgan fingerprint density at radius 3 is 2.86 bits per heavy atom. The number of guanidine groups is 1. The van der Waals surface area contributed by atoms with Gasteiger partial charge in [0.1, 0.15) is 0 Å². The monoisotopic (exact) mass is 216 g/mol. The van der Waals surface area contributed by atoms with Crippen molar-refractivity contribution < 1.29 is 4.39 Å². The summed E-state index contributed by atoms with van der Waals surface area (Å²) in [7, 11) is 1.52. The zero-order chi connectivity index (χ0) is 10.6. The molecule has 0 amide bonds. The number of nitrogens with two attached hydrogens (primary N) is 1. The van der Waals surface area contributed by atoms with Crippen LogP contribution in [0, 0.1) is 5.82 Å². The average Bonchev–Trinajstić information content (AvgIpc) is 2.20. The maximum atomic E-state index is 13.3. The summed E-state index contributed by atoms with van der Waals surface area (Å²) in [4.78, 5) is 3.73. The maximum absolute atomic E-state index is 13.3. The van der Waals surface area contributed by atoms with Crippen LogP contribution in [0.3, 0.4) is 0 Å². The van der Waals surface area contributed by atoms with Crippen LogP contribution in [0.1, 0.15) is 0 Å². The molecular formula is C8H10ClFN4. The Balaban J connectivity index is 2.92. The first-order valence-corrected chi connectivity index (χ1v) is 4.21. The predicted molar refractivity (Wildman–Crippen MR) is 55.7 cm³/mol. The summed E-state index contributed by atoms with van der Waals surface area (Å²) < 4.78 is 13.3. The largest absolute Gasteiger partial charge is 0.323 e. The van der Waals surface area contributed by atoms with Gasteiger partial charge < -0.3 is 5.32 Å². The van der Waals surface area contributed by atoms with Gasteiger partial charge in [-0.15, -0.1) is 0 Å². The van der Waals surface area contributed by atoms with Gasteiger partial charge in [0, 0.05) is 7.05 Å². The van der Waals surface area contributed by atoms with E-state index in [1.54, 1.807) is 6.07 Å². The molecule has 1 aromatic carbocycles. The van der Waals surface area contributed by atoms with Crippen molar-refractivity contribution in [3.8, 4) is 0 Å². The van der Waals surface area contributed by atoms with E-state index in [1.807, 2.05) is 0 Å². The maximum Gasteiger partial charge on any atom is 0.210 e. The highest BCUT2D eigenvalue weighted by atomic mass is 35.5. The van der Waals surface area contributed by atoms with Crippen molar-refractivity contribution >= 4 is 23.2 Å². The van der Waals surface area contributed by atoms with E-state index < -0.39 is 5.82 Å². The van der Waals surface area contributed by atoms with Crippen molar-refractivity contribution in [2.24, 2.45) is 10.8 Å². The quantitative estimate of drug-likeness (QED) is 0.287. The molecule has 6 heteroatoms. The van der Waals surface area contributed by atoms with E-state index in [1.165, 1.54) is 19.2 Å². The lowest BCUT2D eigenvalue weighted by Crippen LogP contribution is -2.36. The van der Waals surface area contributed by atoms with Gasteiger partial charge in [-0.1, -0.05) is 17.7 Å². The van der Waals surface area contributed by atoms with Crippen LogP contribution >= 0.6 is 11.6 Å². The smallest absolute Gasteiger partial charge is 0.210 e. The summed E-state index contributed by atoms with van der Waals surface area (Å²) >= 11 is 5.58. The summed E-state index contributed by atoms with van der Waals surface area (Å²) in [5.41, 5.74) is 2.49. The Hall–Kier alpha value is -1.33. The van der Waals surface area contributed by atoms with Crippen LogP contribution in [0.5, 0.6) is 0 Å². The van der Waals surface area contributed by atoms with Gasteiger partial charge in [-0.3, -0.25) is 10.4 Å². The fraction of sp³-hybridized carbons (Fsp3) is 0.125. The molecule has 0 radical (unpaired) electrons. The molecule has 0 atom stereocenters. The topological polar surface area (TPSA) is 62.4 Å². The first kappa shape index (κ1) is 10.7. The van der Waals surface area contributed by atoms with Crippen LogP contribution in [0.15, 0.2) is 23.2 Å². The molecule has 0 bridgehead atoms. The first-order valence-electron chi connectivity index (χ1n) is 3.83. The molecule has 0 fully saturated rings. The third-order valence-electron chi connectivity index (χ3n) is 1.56. The Kier molecular flexibility index (Phi) is 3.67. The number of anilines is 1. The third kappa shape index (κ3) is 2.34. The number of benzene rings is 1. The minimum Gasteiger partial charge on any atom is -0.323 e. The van der Waals surface area contributed by atoms with Crippen molar-refractivity contribution in [3.63, 3.8) is 0 Å². The molecule has 1 aromatic rings. The minimum atomic E-state index is -0.537. The number of nitrogens with one attached hydrogen (secondary N) is 2. The molecule has 0 unspecified atom stereocenters. The number of hydrogen-bond donors (Lipinski definition) is 3. The number of aliphatic imine (C=N–C) groups is 1. The van der Waals surface area contributed by atoms with Crippen molar-refractivity contribution in [3.05, 3.63) is 29.0 Å². The number of halogens is 2. The van der Waals surface area contributed by atoms with Gasteiger partial charge in [-0.05, 0) is 12.1 Å². The number of nitrogens with zero attached hydrogens (tertiary/aromatic N) is 1. The molecule has 0 heterocycles. The predicted octanol–water partition coefficient (Wildman–Crippen LogP) is 1.34.